The van der Waals surface area contributed by atoms with Crippen LogP contribution < -0.4 is 5.32 Å². The van der Waals surface area contributed by atoms with Crippen LogP contribution in [0.15, 0.2) is 24.3 Å². The van der Waals surface area contributed by atoms with Gasteiger partial charge in [-0.3, -0.25) is 0 Å². The lowest BCUT2D eigenvalue weighted by molar-refractivity contribution is 0.0697. The first kappa shape index (κ1) is 11.3. The van der Waals surface area contributed by atoms with E-state index in [0.29, 0.717) is 11.0 Å². The van der Waals surface area contributed by atoms with Gasteiger partial charge >= 0.3 is 5.97 Å². The van der Waals surface area contributed by atoms with Gasteiger partial charge in [0.25, 0.3) is 0 Å². The van der Waals surface area contributed by atoms with E-state index in [1.807, 2.05) is 12.1 Å². The van der Waals surface area contributed by atoms with Crippen LogP contribution in [-0.2, 0) is 0 Å². The first-order chi connectivity index (χ1) is 8.44. The van der Waals surface area contributed by atoms with Crippen LogP contribution in [-0.4, -0.2) is 16.6 Å². The molecule has 0 radical (unpaired) electrons. The standard InChI is InChI=1S/C15H17NO2/c1-14(7-8-14)15(2)6-5-10-9-11(13(17)18)3-4-12(10)16-15/h3-6,9,16H,7-8H2,1-2H3,(H,17,18). The van der Waals surface area contributed by atoms with Gasteiger partial charge in [0, 0.05) is 5.69 Å². The maximum absolute atomic E-state index is 10.9. The average Bonchev–Trinajstić information content (AvgIpc) is 3.08. The fraction of sp³-hybridized carbons (Fsp3) is 0.400. The summed E-state index contributed by atoms with van der Waals surface area (Å²) in [7, 11) is 0. The maximum atomic E-state index is 10.9. The third-order valence-corrected chi connectivity index (χ3v) is 4.54. The number of carbonyl (C=O) groups is 1. The molecule has 94 valence electrons. The van der Waals surface area contributed by atoms with Crippen molar-refractivity contribution in [3.05, 3.63) is 35.4 Å². The second-order valence-corrected chi connectivity index (χ2v) is 5.83. The first-order valence-corrected chi connectivity index (χ1v) is 6.28. The van der Waals surface area contributed by atoms with Crippen molar-refractivity contribution in [2.75, 3.05) is 5.32 Å². The number of benzene rings is 1. The van der Waals surface area contributed by atoms with Crippen molar-refractivity contribution in [2.24, 2.45) is 5.41 Å². The van der Waals surface area contributed by atoms with E-state index in [-0.39, 0.29) is 5.54 Å². The highest BCUT2D eigenvalue weighted by Crippen LogP contribution is 2.56. The zero-order valence-electron chi connectivity index (χ0n) is 10.7. The van der Waals surface area contributed by atoms with E-state index in [1.54, 1.807) is 12.1 Å². The van der Waals surface area contributed by atoms with Crippen LogP contribution in [0, 0.1) is 5.41 Å². The SMILES string of the molecule is CC1(C2(C)C=Cc3cc(C(=O)O)ccc3N2)CC1. The van der Waals surface area contributed by atoms with Crippen LogP contribution >= 0.6 is 0 Å². The Balaban J connectivity index is 1.98. The molecule has 1 fully saturated rings. The van der Waals surface area contributed by atoms with Crippen LogP contribution in [0.3, 0.4) is 0 Å². The molecule has 0 saturated heterocycles. The molecule has 1 unspecified atom stereocenters. The van der Waals surface area contributed by atoms with E-state index in [1.165, 1.54) is 12.8 Å². The number of fused-ring (bicyclic) bond motifs is 1. The molecule has 1 aromatic rings. The molecule has 2 aliphatic rings. The average molecular weight is 243 g/mol. The van der Waals surface area contributed by atoms with Gasteiger partial charge in [-0.2, -0.15) is 0 Å². The Morgan fingerprint density at radius 1 is 1.33 bits per heavy atom. The van der Waals surface area contributed by atoms with Crippen molar-refractivity contribution in [3.8, 4) is 0 Å². The number of anilines is 1. The van der Waals surface area contributed by atoms with Gasteiger partial charge in [0.1, 0.15) is 0 Å². The van der Waals surface area contributed by atoms with Crippen LogP contribution in [0.1, 0.15) is 42.6 Å². The fourth-order valence-electron chi connectivity index (χ4n) is 2.58. The van der Waals surface area contributed by atoms with E-state index in [4.69, 9.17) is 5.11 Å². The molecule has 0 amide bonds. The van der Waals surface area contributed by atoms with Gasteiger partial charge in [0.15, 0.2) is 0 Å². The molecule has 3 nitrogen and oxygen atoms in total. The van der Waals surface area contributed by atoms with Gasteiger partial charge in [-0.25, -0.2) is 4.79 Å². The second kappa shape index (κ2) is 3.37. The normalized spacial score (nSPS) is 27.2. The Kier molecular flexibility index (Phi) is 2.12. The summed E-state index contributed by atoms with van der Waals surface area (Å²) < 4.78 is 0. The molecule has 2 N–H and O–H groups in total. The second-order valence-electron chi connectivity index (χ2n) is 5.83. The van der Waals surface area contributed by atoms with Crippen molar-refractivity contribution in [1.82, 2.24) is 0 Å². The molecule has 3 rings (SSSR count). The topological polar surface area (TPSA) is 49.3 Å². The summed E-state index contributed by atoms with van der Waals surface area (Å²) >= 11 is 0. The van der Waals surface area contributed by atoms with E-state index >= 15 is 0 Å². The summed E-state index contributed by atoms with van der Waals surface area (Å²) in [6.07, 6.45) is 6.70. The molecule has 1 atom stereocenters. The molecule has 1 heterocycles. The van der Waals surface area contributed by atoms with Gasteiger partial charge in [-0.1, -0.05) is 19.1 Å². The predicted molar refractivity (Wildman–Crippen MR) is 71.8 cm³/mol. The molecule has 0 bridgehead atoms. The summed E-state index contributed by atoms with van der Waals surface area (Å²) in [5.41, 5.74) is 2.62. The summed E-state index contributed by atoms with van der Waals surface area (Å²) in [6, 6.07) is 5.24. The Hall–Kier alpha value is -1.77. The van der Waals surface area contributed by atoms with Gasteiger partial charge < -0.3 is 10.4 Å². The Morgan fingerprint density at radius 2 is 2.06 bits per heavy atom. The Labute approximate surface area is 107 Å². The number of hydrogen-bond acceptors (Lipinski definition) is 2. The first-order valence-electron chi connectivity index (χ1n) is 6.28. The minimum absolute atomic E-state index is 0.0231. The predicted octanol–water partition coefficient (Wildman–Crippen LogP) is 3.38. The molecular formula is C15H17NO2. The lowest BCUT2D eigenvalue weighted by atomic mass is 9.80. The van der Waals surface area contributed by atoms with Gasteiger partial charge in [0.2, 0.25) is 0 Å². The molecule has 3 heteroatoms. The summed E-state index contributed by atoms with van der Waals surface area (Å²) in [4.78, 5) is 10.9. The zero-order valence-corrected chi connectivity index (χ0v) is 10.7. The van der Waals surface area contributed by atoms with Crippen molar-refractivity contribution in [2.45, 2.75) is 32.2 Å². The minimum atomic E-state index is -0.881. The van der Waals surface area contributed by atoms with Crippen LogP contribution in [0.2, 0.25) is 0 Å². The largest absolute Gasteiger partial charge is 0.478 e. The summed E-state index contributed by atoms with van der Waals surface area (Å²) in [5.74, 6) is -0.881. The van der Waals surface area contributed by atoms with Gasteiger partial charge in [-0.15, -0.1) is 0 Å². The third kappa shape index (κ3) is 1.54. The highest BCUT2D eigenvalue weighted by Gasteiger charge is 2.52. The van der Waals surface area contributed by atoms with Crippen LogP contribution in [0.4, 0.5) is 5.69 Å². The summed E-state index contributed by atoms with van der Waals surface area (Å²) in [5, 5.41) is 12.5. The number of carboxylic acids is 1. The van der Waals surface area contributed by atoms with Crippen molar-refractivity contribution in [1.29, 1.82) is 0 Å². The lowest BCUT2D eigenvalue weighted by Crippen LogP contribution is -2.42. The van der Waals surface area contributed by atoms with Gasteiger partial charge in [-0.05, 0) is 48.9 Å². The highest BCUT2D eigenvalue weighted by molar-refractivity contribution is 5.90. The van der Waals surface area contributed by atoms with Gasteiger partial charge in [0.05, 0.1) is 11.1 Å². The van der Waals surface area contributed by atoms with E-state index < -0.39 is 5.97 Å². The molecule has 0 aromatic heterocycles. The quantitative estimate of drug-likeness (QED) is 0.837. The Morgan fingerprint density at radius 3 is 2.67 bits per heavy atom. The highest BCUT2D eigenvalue weighted by atomic mass is 16.4. The van der Waals surface area contributed by atoms with Crippen molar-refractivity contribution >= 4 is 17.7 Å². The molecule has 1 aromatic carbocycles. The Bertz CT molecular complexity index is 558. The summed E-state index contributed by atoms with van der Waals surface area (Å²) in [6.45, 7) is 4.51. The molecule has 18 heavy (non-hydrogen) atoms. The van der Waals surface area contributed by atoms with E-state index in [9.17, 15) is 4.79 Å². The molecule has 1 aliphatic carbocycles. The van der Waals surface area contributed by atoms with Crippen LogP contribution in [0.25, 0.3) is 6.08 Å². The number of aromatic carboxylic acids is 1. The van der Waals surface area contributed by atoms with Crippen LogP contribution in [0.5, 0.6) is 0 Å². The molecular weight excluding hydrogens is 226 g/mol. The smallest absolute Gasteiger partial charge is 0.335 e. The minimum Gasteiger partial charge on any atom is -0.478 e. The number of carboxylic acid groups (broad SMARTS) is 1. The third-order valence-electron chi connectivity index (χ3n) is 4.54. The molecule has 1 saturated carbocycles. The molecule has 0 spiro atoms. The maximum Gasteiger partial charge on any atom is 0.335 e. The number of hydrogen-bond donors (Lipinski definition) is 2. The van der Waals surface area contributed by atoms with Crippen molar-refractivity contribution < 1.29 is 9.90 Å². The number of nitrogens with one attached hydrogen (secondary N) is 1. The van der Waals surface area contributed by atoms with Crippen molar-refractivity contribution in [3.63, 3.8) is 0 Å². The molecule has 1 aliphatic heterocycles. The zero-order chi connectivity index (χ0) is 13.0. The van der Waals surface area contributed by atoms with E-state index in [2.05, 4.69) is 25.2 Å². The fourth-order valence-corrected chi connectivity index (χ4v) is 2.58. The van der Waals surface area contributed by atoms with E-state index in [0.717, 1.165) is 11.3 Å². The lowest BCUT2D eigenvalue weighted by Gasteiger charge is -2.38. The number of rotatable bonds is 2. The monoisotopic (exact) mass is 243 g/mol.